The van der Waals surface area contributed by atoms with Crippen molar-refractivity contribution in [2.24, 2.45) is 0 Å². The SMILES string of the molecule is CCOC(=O)c1cccc(NC(C)c2ccc(Br)s2)c1. The van der Waals surface area contributed by atoms with Crippen molar-refractivity contribution in [2.45, 2.75) is 19.9 Å². The third kappa shape index (κ3) is 3.84. The fourth-order valence-corrected chi connectivity index (χ4v) is 3.26. The molecule has 2 rings (SSSR count). The number of halogens is 1. The summed E-state index contributed by atoms with van der Waals surface area (Å²) in [5, 5.41) is 3.39. The molecule has 5 heteroatoms. The standard InChI is InChI=1S/C15H16BrNO2S/c1-3-19-15(18)11-5-4-6-12(9-11)17-10(2)13-7-8-14(16)20-13/h4-10,17H,3H2,1-2H3. The van der Waals surface area contributed by atoms with Crippen LogP contribution < -0.4 is 5.32 Å². The molecule has 0 saturated heterocycles. The van der Waals surface area contributed by atoms with Crippen LogP contribution in [0.15, 0.2) is 40.2 Å². The van der Waals surface area contributed by atoms with Crippen molar-refractivity contribution in [1.29, 1.82) is 0 Å². The lowest BCUT2D eigenvalue weighted by molar-refractivity contribution is 0.0526. The van der Waals surface area contributed by atoms with Gasteiger partial charge >= 0.3 is 5.97 Å². The number of carbonyl (C=O) groups excluding carboxylic acids is 1. The minimum absolute atomic E-state index is 0.184. The van der Waals surface area contributed by atoms with Crippen LogP contribution >= 0.6 is 27.3 Å². The Morgan fingerprint density at radius 1 is 1.40 bits per heavy atom. The van der Waals surface area contributed by atoms with E-state index in [0.717, 1.165) is 9.47 Å². The zero-order valence-corrected chi connectivity index (χ0v) is 13.8. The van der Waals surface area contributed by atoms with Crippen molar-refractivity contribution in [2.75, 3.05) is 11.9 Å². The molecular weight excluding hydrogens is 338 g/mol. The maximum atomic E-state index is 11.7. The van der Waals surface area contributed by atoms with Crippen LogP contribution in [0.5, 0.6) is 0 Å². The lowest BCUT2D eigenvalue weighted by Gasteiger charge is -2.14. The van der Waals surface area contributed by atoms with E-state index in [-0.39, 0.29) is 12.0 Å². The van der Waals surface area contributed by atoms with Gasteiger partial charge in [-0.2, -0.15) is 0 Å². The molecule has 106 valence electrons. The fourth-order valence-electron chi connectivity index (χ4n) is 1.83. The molecular formula is C15H16BrNO2S. The van der Waals surface area contributed by atoms with Gasteiger partial charge in [-0.1, -0.05) is 6.07 Å². The first-order valence-electron chi connectivity index (χ1n) is 6.39. The Kier molecular flexibility index (Phi) is 5.20. The topological polar surface area (TPSA) is 38.3 Å². The number of anilines is 1. The lowest BCUT2D eigenvalue weighted by Crippen LogP contribution is -2.08. The summed E-state index contributed by atoms with van der Waals surface area (Å²) in [6.07, 6.45) is 0. The van der Waals surface area contributed by atoms with Crippen molar-refractivity contribution in [3.05, 3.63) is 50.6 Å². The molecule has 0 aliphatic rings. The predicted molar refractivity (Wildman–Crippen MR) is 86.5 cm³/mol. The van der Waals surface area contributed by atoms with E-state index in [9.17, 15) is 4.79 Å². The van der Waals surface area contributed by atoms with Gasteiger partial charge in [-0.3, -0.25) is 0 Å². The Bertz CT molecular complexity index is 597. The molecule has 1 heterocycles. The van der Waals surface area contributed by atoms with Crippen LogP contribution in [0.3, 0.4) is 0 Å². The van der Waals surface area contributed by atoms with Crippen molar-refractivity contribution in [3.63, 3.8) is 0 Å². The van der Waals surface area contributed by atoms with Crippen molar-refractivity contribution < 1.29 is 9.53 Å². The van der Waals surface area contributed by atoms with E-state index in [1.807, 2.05) is 24.3 Å². The van der Waals surface area contributed by atoms with Crippen molar-refractivity contribution >= 4 is 38.9 Å². The molecule has 3 nitrogen and oxygen atoms in total. The van der Waals surface area contributed by atoms with Crippen LogP contribution in [-0.2, 0) is 4.74 Å². The normalized spacial score (nSPS) is 11.9. The number of esters is 1. The summed E-state index contributed by atoms with van der Waals surface area (Å²) in [5.41, 5.74) is 1.48. The second-order valence-corrected chi connectivity index (χ2v) is 6.80. The second-order valence-electron chi connectivity index (χ2n) is 4.31. The maximum Gasteiger partial charge on any atom is 0.338 e. The molecule has 0 bridgehead atoms. The van der Waals surface area contributed by atoms with Crippen LogP contribution in [0.1, 0.15) is 35.1 Å². The van der Waals surface area contributed by atoms with E-state index < -0.39 is 0 Å². The average Bonchev–Trinajstić information content (AvgIpc) is 2.86. The summed E-state index contributed by atoms with van der Waals surface area (Å²) in [6.45, 7) is 4.28. The monoisotopic (exact) mass is 353 g/mol. The number of hydrogen-bond acceptors (Lipinski definition) is 4. The smallest absolute Gasteiger partial charge is 0.338 e. The zero-order chi connectivity index (χ0) is 14.5. The van der Waals surface area contributed by atoms with Crippen LogP contribution in [0, 0.1) is 0 Å². The van der Waals surface area contributed by atoms with Crippen molar-refractivity contribution in [3.8, 4) is 0 Å². The third-order valence-electron chi connectivity index (χ3n) is 2.78. The highest BCUT2D eigenvalue weighted by Crippen LogP contribution is 2.29. The highest BCUT2D eigenvalue weighted by molar-refractivity contribution is 9.11. The van der Waals surface area contributed by atoms with E-state index in [4.69, 9.17) is 4.74 Å². The van der Waals surface area contributed by atoms with E-state index >= 15 is 0 Å². The first kappa shape index (κ1) is 15.1. The lowest BCUT2D eigenvalue weighted by atomic mass is 10.2. The average molecular weight is 354 g/mol. The summed E-state index contributed by atoms with van der Waals surface area (Å²) in [6, 6.07) is 11.7. The van der Waals surface area contributed by atoms with Gasteiger partial charge < -0.3 is 10.1 Å². The van der Waals surface area contributed by atoms with Gasteiger partial charge in [0.25, 0.3) is 0 Å². The quantitative estimate of drug-likeness (QED) is 0.780. The van der Waals surface area contributed by atoms with Gasteiger partial charge in [0.05, 0.1) is 22.0 Å². The molecule has 1 aromatic heterocycles. The molecule has 20 heavy (non-hydrogen) atoms. The largest absolute Gasteiger partial charge is 0.462 e. The van der Waals surface area contributed by atoms with Gasteiger partial charge in [0.15, 0.2) is 0 Å². The molecule has 0 fully saturated rings. The minimum atomic E-state index is -0.289. The molecule has 0 aliphatic heterocycles. The summed E-state index contributed by atoms with van der Waals surface area (Å²) in [5.74, 6) is -0.289. The van der Waals surface area contributed by atoms with E-state index in [0.29, 0.717) is 12.2 Å². The molecule has 0 radical (unpaired) electrons. The molecule has 2 aromatic rings. The summed E-state index contributed by atoms with van der Waals surface area (Å²) < 4.78 is 6.12. The Hall–Kier alpha value is -1.33. The molecule has 1 unspecified atom stereocenters. The van der Waals surface area contributed by atoms with Crippen LogP contribution in [0.25, 0.3) is 0 Å². The van der Waals surface area contributed by atoms with Gasteiger partial charge in [0.2, 0.25) is 0 Å². The Labute approximate surface area is 131 Å². The number of hydrogen-bond donors (Lipinski definition) is 1. The van der Waals surface area contributed by atoms with E-state index in [2.05, 4.69) is 34.2 Å². The molecule has 1 N–H and O–H groups in total. The Morgan fingerprint density at radius 2 is 2.20 bits per heavy atom. The first-order chi connectivity index (χ1) is 9.60. The highest BCUT2D eigenvalue weighted by atomic mass is 79.9. The number of thiophene rings is 1. The Balaban J connectivity index is 2.09. The number of rotatable bonds is 5. The second kappa shape index (κ2) is 6.90. The number of nitrogens with one attached hydrogen (secondary N) is 1. The zero-order valence-electron chi connectivity index (χ0n) is 11.4. The molecule has 1 aromatic carbocycles. The van der Waals surface area contributed by atoms with Crippen LogP contribution in [-0.4, -0.2) is 12.6 Å². The molecule has 0 aliphatic carbocycles. The maximum absolute atomic E-state index is 11.7. The minimum Gasteiger partial charge on any atom is -0.462 e. The van der Waals surface area contributed by atoms with Gasteiger partial charge in [-0.25, -0.2) is 4.79 Å². The summed E-state index contributed by atoms with van der Waals surface area (Å²) in [4.78, 5) is 12.9. The summed E-state index contributed by atoms with van der Waals surface area (Å²) in [7, 11) is 0. The van der Waals surface area contributed by atoms with Crippen LogP contribution in [0.4, 0.5) is 5.69 Å². The van der Waals surface area contributed by atoms with Crippen LogP contribution in [0.2, 0.25) is 0 Å². The molecule has 0 amide bonds. The highest BCUT2D eigenvalue weighted by Gasteiger charge is 2.10. The number of ether oxygens (including phenoxy) is 1. The fraction of sp³-hybridized carbons (Fsp3) is 0.267. The predicted octanol–water partition coefficient (Wildman–Crippen LogP) is 4.86. The summed E-state index contributed by atoms with van der Waals surface area (Å²) >= 11 is 5.16. The number of benzene rings is 1. The molecule has 0 saturated carbocycles. The van der Waals surface area contributed by atoms with Gasteiger partial charge in [0.1, 0.15) is 0 Å². The molecule has 1 atom stereocenters. The van der Waals surface area contributed by atoms with Gasteiger partial charge in [-0.05, 0) is 60.1 Å². The third-order valence-corrected chi connectivity index (χ3v) is 4.58. The van der Waals surface area contributed by atoms with E-state index in [1.165, 1.54) is 4.88 Å². The van der Waals surface area contributed by atoms with Crippen molar-refractivity contribution in [1.82, 2.24) is 0 Å². The van der Waals surface area contributed by atoms with Gasteiger partial charge in [0, 0.05) is 10.6 Å². The first-order valence-corrected chi connectivity index (χ1v) is 8.00. The molecule has 0 spiro atoms. The van der Waals surface area contributed by atoms with Gasteiger partial charge in [-0.15, -0.1) is 11.3 Å². The number of carbonyl (C=O) groups is 1. The van der Waals surface area contributed by atoms with E-state index in [1.54, 1.807) is 24.3 Å². The Morgan fingerprint density at radius 3 is 2.85 bits per heavy atom.